The lowest BCUT2D eigenvalue weighted by molar-refractivity contribution is 0.165. The third-order valence-corrected chi connectivity index (χ3v) is 9.74. The second kappa shape index (κ2) is 6.55. The minimum atomic E-state index is 0.444. The molecule has 0 amide bonds. The highest BCUT2D eigenvalue weighted by Crippen LogP contribution is 2.62. The van der Waals surface area contributed by atoms with E-state index in [0.717, 1.165) is 17.8 Å². The highest BCUT2D eigenvalue weighted by atomic mass is 32.2. The SMILES string of the molecule is CCCC[C@@H]1CC2(C[C@@H]3c4ccc(O)cc4CC[C@@H]13)SCCS2. The second-order valence-electron chi connectivity index (χ2n) is 7.61. The zero-order valence-corrected chi connectivity index (χ0v) is 15.7. The number of benzene rings is 1. The predicted octanol–water partition coefficient (Wildman–Crippen LogP) is 5.81. The van der Waals surface area contributed by atoms with E-state index in [1.165, 1.54) is 62.0 Å². The average Bonchev–Trinajstić information content (AvgIpc) is 2.99. The Morgan fingerprint density at radius 3 is 2.83 bits per heavy atom. The summed E-state index contributed by atoms with van der Waals surface area (Å²) in [7, 11) is 0. The Balaban J connectivity index is 1.67. The Hall–Kier alpha value is -0.280. The molecule has 1 N–H and O–H groups in total. The number of aromatic hydroxyl groups is 1. The van der Waals surface area contributed by atoms with Gasteiger partial charge in [-0.15, -0.1) is 23.5 Å². The van der Waals surface area contributed by atoms with Gasteiger partial charge in [0.05, 0.1) is 4.08 Å². The summed E-state index contributed by atoms with van der Waals surface area (Å²) in [4.78, 5) is 0. The lowest BCUT2D eigenvalue weighted by atomic mass is 9.62. The van der Waals surface area contributed by atoms with Gasteiger partial charge in [0, 0.05) is 11.5 Å². The van der Waals surface area contributed by atoms with Gasteiger partial charge in [-0.3, -0.25) is 0 Å². The molecule has 1 nitrogen and oxygen atoms in total. The van der Waals surface area contributed by atoms with Crippen molar-refractivity contribution < 1.29 is 5.11 Å². The molecule has 1 spiro atoms. The van der Waals surface area contributed by atoms with Crippen LogP contribution in [0.4, 0.5) is 0 Å². The fraction of sp³-hybridized carbons (Fsp3) is 0.700. The van der Waals surface area contributed by atoms with Gasteiger partial charge in [0.1, 0.15) is 5.75 Å². The zero-order chi connectivity index (χ0) is 15.9. The fourth-order valence-electron chi connectivity index (χ4n) is 5.23. The van der Waals surface area contributed by atoms with Crippen LogP contribution >= 0.6 is 23.5 Å². The molecular formula is C20H28OS2. The Morgan fingerprint density at radius 1 is 1.22 bits per heavy atom. The summed E-state index contributed by atoms with van der Waals surface area (Å²) in [5.74, 6) is 5.64. The van der Waals surface area contributed by atoms with Crippen LogP contribution in [-0.4, -0.2) is 20.7 Å². The quantitative estimate of drug-likeness (QED) is 0.744. The maximum absolute atomic E-state index is 9.85. The molecule has 0 unspecified atom stereocenters. The summed E-state index contributed by atoms with van der Waals surface area (Å²) in [6, 6.07) is 6.18. The van der Waals surface area contributed by atoms with E-state index in [-0.39, 0.29) is 0 Å². The Morgan fingerprint density at radius 2 is 2.04 bits per heavy atom. The topological polar surface area (TPSA) is 20.2 Å². The maximum Gasteiger partial charge on any atom is 0.115 e. The number of hydrogen-bond donors (Lipinski definition) is 1. The molecule has 3 heteroatoms. The summed E-state index contributed by atoms with van der Waals surface area (Å²) in [6.07, 6.45) is 9.44. The molecule has 0 aromatic heterocycles. The molecular weight excluding hydrogens is 320 g/mol. The van der Waals surface area contributed by atoms with E-state index in [9.17, 15) is 5.11 Å². The van der Waals surface area contributed by atoms with Crippen molar-refractivity contribution >= 4 is 23.5 Å². The monoisotopic (exact) mass is 348 g/mol. The largest absolute Gasteiger partial charge is 0.508 e. The fourth-order valence-corrected chi connectivity index (χ4v) is 8.74. The van der Waals surface area contributed by atoms with Crippen LogP contribution in [0.3, 0.4) is 0 Å². The molecule has 4 rings (SSSR count). The first-order chi connectivity index (χ1) is 11.2. The number of rotatable bonds is 3. The first-order valence-electron chi connectivity index (χ1n) is 9.30. The number of unbranched alkanes of at least 4 members (excludes halogenated alkanes) is 1. The number of hydrogen-bond acceptors (Lipinski definition) is 3. The summed E-state index contributed by atoms with van der Waals surface area (Å²) in [5, 5.41) is 9.85. The van der Waals surface area contributed by atoms with E-state index in [4.69, 9.17) is 0 Å². The van der Waals surface area contributed by atoms with E-state index in [0.29, 0.717) is 9.83 Å². The second-order valence-corrected chi connectivity index (χ2v) is 10.8. The highest BCUT2D eigenvalue weighted by Gasteiger charge is 2.49. The van der Waals surface area contributed by atoms with Crippen molar-refractivity contribution in [3.63, 3.8) is 0 Å². The molecule has 3 atom stereocenters. The van der Waals surface area contributed by atoms with Crippen molar-refractivity contribution in [3.8, 4) is 5.75 Å². The van der Waals surface area contributed by atoms with Gasteiger partial charge < -0.3 is 5.11 Å². The van der Waals surface area contributed by atoms with E-state index in [1.54, 1.807) is 5.56 Å². The molecule has 23 heavy (non-hydrogen) atoms. The summed E-state index contributed by atoms with van der Waals surface area (Å²) in [5.41, 5.74) is 2.98. The van der Waals surface area contributed by atoms with E-state index < -0.39 is 0 Å². The molecule has 1 saturated heterocycles. The molecule has 1 aromatic rings. The molecule has 0 bridgehead atoms. The minimum absolute atomic E-state index is 0.444. The third-order valence-electron chi connectivity index (χ3n) is 6.24. The summed E-state index contributed by atoms with van der Waals surface area (Å²) in [6.45, 7) is 2.33. The van der Waals surface area contributed by atoms with Crippen molar-refractivity contribution in [1.82, 2.24) is 0 Å². The van der Waals surface area contributed by atoms with Gasteiger partial charge in [-0.25, -0.2) is 0 Å². The van der Waals surface area contributed by atoms with Crippen LogP contribution in [0.1, 0.15) is 62.5 Å². The Bertz CT molecular complexity index is 565. The van der Waals surface area contributed by atoms with Crippen LogP contribution in [0.15, 0.2) is 18.2 Å². The van der Waals surface area contributed by atoms with Crippen LogP contribution in [0.25, 0.3) is 0 Å². The van der Waals surface area contributed by atoms with Gasteiger partial charge >= 0.3 is 0 Å². The molecule has 1 heterocycles. The number of phenols is 1. The lowest BCUT2D eigenvalue weighted by Gasteiger charge is -2.49. The zero-order valence-electron chi connectivity index (χ0n) is 14.1. The average molecular weight is 349 g/mol. The van der Waals surface area contributed by atoms with Gasteiger partial charge in [0.15, 0.2) is 0 Å². The molecule has 126 valence electrons. The van der Waals surface area contributed by atoms with Crippen molar-refractivity contribution in [2.75, 3.05) is 11.5 Å². The van der Waals surface area contributed by atoms with Crippen molar-refractivity contribution in [1.29, 1.82) is 0 Å². The number of aryl methyl sites for hydroxylation is 1. The normalized spacial score (nSPS) is 31.8. The smallest absolute Gasteiger partial charge is 0.115 e. The number of thioether (sulfide) groups is 2. The van der Waals surface area contributed by atoms with Gasteiger partial charge in [-0.05, 0) is 66.7 Å². The van der Waals surface area contributed by atoms with Gasteiger partial charge in [0.25, 0.3) is 0 Å². The number of phenolic OH excluding ortho intramolecular Hbond substituents is 1. The molecule has 1 aliphatic heterocycles. The first kappa shape index (κ1) is 16.2. The van der Waals surface area contributed by atoms with Crippen LogP contribution in [0, 0.1) is 11.8 Å². The third kappa shape index (κ3) is 3.04. The van der Waals surface area contributed by atoms with Crippen LogP contribution in [-0.2, 0) is 6.42 Å². The standard InChI is InChI=1S/C20H28OS2/c1-2-3-4-15-12-20(22-9-10-23-20)13-19-17-8-6-16(21)11-14(17)5-7-18(15)19/h6,8,11,15,18-19,21H,2-5,7,9-10,12-13H2,1H3/t15-,18+,19-/m1/s1. The molecule has 1 saturated carbocycles. The first-order valence-corrected chi connectivity index (χ1v) is 11.3. The van der Waals surface area contributed by atoms with Crippen molar-refractivity contribution in [3.05, 3.63) is 29.3 Å². The number of fused-ring (bicyclic) bond motifs is 3. The summed E-state index contributed by atoms with van der Waals surface area (Å²) >= 11 is 4.50. The van der Waals surface area contributed by atoms with Crippen LogP contribution in [0.2, 0.25) is 0 Å². The van der Waals surface area contributed by atoms with Gasteiger partial charge in [0.2, 0.25) is 0 Å². The van der Waals surface area contributed by atoms with Crippen molar-refractivity contribution in [2.45, 2.75) is 61.9 Å². The van der Waals surface area contributed by atoms with Gasteiger partial charge in [-0.2, -0.15) is 0 Å². The van der Waals surface area contributed by atoms with E-state index in [2.05, 4.69) is 36.5 Å². The molecule has 2 aliphatic carbocycles. The predicted molar refractivity (Wildman–Crippen MR) is 103 cm³/mol. The van der Waals surface area contributed by atoms with Gasteiger partial charge in [-0.1, -0.05) is 32.3 Å². The molecule has 0 radical (unpaired) electrons. The van der Waals surface area contributed by atoms with Crippen molar-refractivity contribution in [2.24, 2.45) is 11.8 Å². The minimum Gasteiger partial charge on any atom is -0.508 e. The highest BCUT2D eigenvalue weighted by molar-refractivity contribution is 8.21. The molecule has 2 fully saturated rings. The van der Waals surface area contributed by atoms with E-state index >= 15 is 0 Å². The molecule has 1 aromatic carbocycles. The Labute approximate surface area is 149 Å². The molecule has 3 aliphatic rings. The maximum atomic E-state index is 9.85. The summed E-state index contributed by atoms with van der Waals surface area (Å²) < 4.78 is 0.492. The van der Waals surface area contributed by atoms with Crippen LogP contribution in [0.5, 0.6) is 5.75 Å². The van der Waals surface area contributed by atoms with E-state index in [1.807, 2.05) is 12.1 Å². The Kier molecular flexibility index (Phi) is 4.62. The lowest BCUT2D eigenvalue weighted by Crippen LogP contribution is -2.40. The van der Waals surface area contributed by atoms with Crippen LogP contribution < -0.4 is 0 Å².